The van der Waals surface area contributed by atoms with Gasteiger partial charge in [0.2, 0.25) is 11.8 Å². The Morgan fingerprint density at radius 1 is 1.17 bits per heavy atom. The molecule has 2 fully saturated rings. The average molecular weight is 316 g/mol. The molecule has 0 saturated carbocycles. The molecule has 2 N–H and O–H groups in total. The van der Waals surface area contributed by atoms with Crippen molar-refractivity contribution in [3.63, 3.8) is 0 Å². The summed E-state index contributed by atoms with van der Waals surface area (Å²) in [5.74, 6) is 0.155. The lowest BCUT2D eigenvalue weighted by molar-refractivity contribution is -0.117. The lowest BCUT2D eigenvalue weighted by Gasteiger charge is -2.19. The Labute approximate surface area is 136 Å². The first-order valence-electron chi connectivity index (χ1n) is 8.36. The summed E-state index contributed by atoms with van der Waals surface area (Å²) in [6.07, 6.45) is 2.58. The molecule has 6 heteroatoms. The number of carbonyl (C=O) groups is 2. The molecule has 2 amide bonds. The van der Waals surface area contributed by atoms with Gasteiger partial charge in [-0.05, 0) is 44.1 Å². The molecule has 23 heavy (non-hydrogen) atoms. The number of benzene rings is 1. The number of rotatable bonds is 4. The smallest absolute Gasteiger partial charge is 0.238 e. The highest BCUT2D eigenvalue weighted by atomic mass is 16.2. The van der Waals surface area contributed by atoms with Gasteiger partial charge in [0, 0.05) is 37.4 Å². The van der Waals surface area contributed by atoms with Crippen molar-refractivity contribution >= 4 is 23.2 Å². The Hall–Kier alpha value is -1.92. The summed E-state index contributed by atoms with van der Waals surface area (Å²) in [6, 6.07) is 7.54. The average Bonchev–Trinajstić information content (AvgIpc) is 2.80. The van der Waals surface area contributed by atoms with Crippen LogP contribution in [0.5, 0.6) is 0 Å². The maximum Gasteiger partial charge on any atom is 0.238 e. The molecule has 0 bridgehead atoms. The lowest BCUT2D eigenvalue weighted by Crippen LogP contribution is -2.35. The molecule has 1 aromatic rings. The zero-order valence-corrected chi connectivity index (χ0v) is 13.4. The van der Waals surface area contributed by atoms with Gasteiger partial charge in [-0.3, -0.25) is 14.5 Å². The first-order chi connectivity index (χ1) is 11.2. The van der Waals surface area contributed by atoms with Crippen molar-refractivity contribution in [3.8, 4) is 0 Å². The van der Waals surface area contributed by atoms with Gasteiger partial charge >= 0.3 is 0 Å². The Bertz CT molecular complexity index is 567. The minimum absolute atomic E-state index is 0.00296. The van der Waals surface area contributed by atoms with E-state index in [-0.39, 0.29) is 11.8 Å². The number of carbonyl (C=O) groups excluding carboxylic acids is 2. The minimum Gasteiger partial charge on any atom is -0.325 e. The predicted octanol–water partition coefficient (Wildman–Crippen LogP) is 1.05. The Morgan fingerprint density at radius 3 is 2.91 bits per heavy atom. The van der Waals surface area contributed by atoms with Gasteiger partial charge in [-0.2, -0.15) is 0 Å². The number of nitrogens with one attached hydrogen (secondary N) is 2. The van der Waals surface area contributed by atoms with E-state index >= 15 is 0 Å². The molecular weight excluding hydrogens is 292 g/mol. The van der Waals surface area contributed by atoms with Crippen molar-refractivity contribution in [1.82, 2.24) is 10.2 Å². The molecule has 0 atom stereocenters. The number of nitrogens with zero attached hydrogens (tertiary/aromatic N) is 2. The number of anilines is 2. The van der Waals surface area contributed by atoms with Crippen LogP contribution in [0.3, 0.4) is 0 Å². The second kappa shape index (κ2) is 7.57. The summed E-state index contributed by atoms with van der Waals surface area (Å²) in [5, 5.41) is 6.28. The van der Waals surface area contributed by atoms with Crippen LogP contribution in [0, 0.1) is 0 Å². The van der Waals surface area contributed by atoms with Crippen molar-refractivity contribution in [1.29, 1.82) is 0 Å². The Kier molecular flexibility index (Phi) is 5.25. The van der Waals surface area contributed by atoms with Crippen molar-refractivity contribution in [2.45, 2.75) is 19.3 Å². The molecule has 3 rings (SSSR count). The van der Waals surface area contributed by atoms with Gasteiger partial charge in [0.15, 0.2) is 0 Å². The monoisotopic (exact) mass is 316 g/mol. The van der Waals surface area contributed by atoms with Crippen LogP contribution in [0.1, 0.15) is 19.3 Å². The van der Waals surface area contributed by atoms with E-state index in [9.17, 15) is 9.59 Å². The largest absolute Gasteiger partial charge is 0.325 e. The maximum atomic E-state index is 12.2. The van der Waals surface area contributed by atoms with E-state index in [1.807, 2.05) is 24.3 Å². The van der Waals surface area contributed by atoms with Gasteiger partial charge in [-0.1, -0.05) is 6.07 Å². The molecule has 0 radical (unpaired) electrons. The fourth-order valence-electron chi connectivity index (χ4n) is 3.14. The highest BCUT2D eigenvalue weighted by Crippen LogP contribution is 2.24. The quantitative estimate of drug-likeness (QED) is 0.871. The van der Waals surface area contributed by atoms with Crippen molar-refractivity contribution < 1.29 is 9.59 Å². The van der Waals surface area contributed by atoms with E-state index in [2.05, 4.69) is 15.5 Å². The Balaban J connectivity index is 1.58. The normalized spacial score (nSPS) is 19.7. The summed E-state index contributed by atoms with van der Waals surface area (Å²) < 4.78 is 0. The van der Waals surface area contributed by atoms with E-state index < -0.39 is 0 Å². The van der Waals surface area contributed by atoms with Crippen LogP contribution in [-0.4, -0.2) is 56.0 Å². The van der Waals surface area contributed by atoms with Crippen LogP contribution < -0.4 is 15.5 Å². The molecule has 1 aromatic carbocycles. The second-order valence-corrected chi connectivity index (χ2v) is 6.13. The van der Waals surface area contributed by atoms with E-state index in [1.165, 1.54) is 0 Å². The van der Waals surface area contributed by atoms with Crippen LogP contribution >= 0.6 is 0 Å². The summed E-state index contributed by atoms with van der Waals surface area (Å²) in [4.78, 5) is 28.0. The van der Waals surface area contributed by atoms with Crippen molar-refractivity contribution in [3.05, 3.63) is 24.3 Å². The van der Waals surface area contributed by atoms with E-state index in [4.69, 9.17) is 0 Å². The summed E-state index contributed by atoms with van der Waals surface area (Å²) >= 11 is 0. The van der Waals surface area contributed by atoms with Crippen LogP contribution in [0.2, 0.25) is 0 Å². The van der Waals surface area contributed by atoms with Gasteiger partial charge in [0.1, 0.15) is 0 Å². The summed E-state index contributed by atoms with van der Waals surface area (Å²) in [6.45, 7) is 4.97. The lowest BCUT2D eigenvalue weighted by atomic mass is 10.2. The maximum absolute atomic E-state index is 12.2. The van der Waals surface area contributed by atoms with Crippen LogP contribution in [0.15, 0.2) is 24.3 Å². The fourth-order valence-corrected chi connectivity index (χ4v) is 3.14. The standard InChI is InChI=1S/C17H24N4O2/c22-16(13-20-9-3-7-18-8-11-20)19-14-4-1-5-15(12-14)21-10-2-6-17(21)23/h1,4-5,12,18H,2-3,6-11,13H2,(H,19,22). The van der Waals surface area contributed by atoms with E-state index in [1.54, 1.807) is 4.90 Å². The van der Waals surface area contributed by atoms with E-state index in [0.717, 1.165) is 56.9 Å². The van der Waals surface area contributed by atoms with Crippen LogP contribution in [0.25, 0.3) is 0 Å². The predicted molar refractivity (Wildman–Crippen MR) is 90.6 cm³/mol. The highest BCUT2D eigenvalue weighted by Gasteiger charge is 2.22. The van der Waals surface area contributed by atoms with Gasteiger partial charge in [0.25, 0.3) is 0 Å². The third kappa shape index (κ3) is 4.30. The molecule has 124 valence electrons. The number of amides is 2. The molecule has 0 aromatic heterocycles. The molecule has 0 unspecified atom stereocenters. The molecule has 0 spiro atoms. The fraction of sp³-hybridized carbons (Fsp3) is 0.529. The number of hydrogen-bond donors (Lipinski definition) is 2. The topological polar surface area (TPSA) is 64.7 Å². The van der Waals surface area contributed by atoms with Gasteiger partial charge in [-0.25, -0.2) is 0 Å². The second-order valence-electron chi connectivity index (χ2n) is 6.13. The molecule has 6 nitrogen and oxygen atoms in total. The third-order valence-corrected chi connectivity index (χ3v) is 4.31. The van der Waals surface area contributed by atoms with E-state index in [0.29, 0.717) is 13.0 Å². The first kappa shape index (κ1) is 16.0. The summed E-state index contributed by atoms with van der Waals surface area (Å²) in [5.41, 5.74) is 1.62. The van der Waals surface area contributed by atoms with Gasteiger partial charge < -0.3 is 15.5 Å². The van der Waals surface area contributed by atoms with Crippen molar-refractivity contribution in [2.75, 3.05) is 49.5 Å². The summed E-state index contributed by atoms with van der Waals surface area (Å²) in [7, 11) is 0. The molecule has 2 saturated heterocycles. The minimum atomic E-state index is -0.00296. The SMILES string of the molecule is O=C(CN1CCCNCC1)Nc1cccc(N2CCCC2=O)c1. The van der Waals surface area contributed by atoms with Crippen molar-refractivity contribution in [2.24, 2.45) is 0 Å². The first-order valence-corrected chi connectivity index (χ1v) is 8.36. The molecule has 2 heterocycles. The molecule has 0 aliphatic carbocycles. The Morgan fingerprint density at radius 2 is 2.09 bits per heavy atom. The third-order valence-electron chi connectivity index (χ3n) is 4.31. The zero-order valence-electron chi connectivity index (χ0n) is 13.4. The highest BCUT2D eigenvalue weighted by molar-refractivity contribution is 5.97. The van der Waals surface area contributed by atoms with Crippen LogP contribution in [-0.2, 0) is 9.59 Å². The molecule has 2 aliphatic heterocycles. The van der Waals surface area contributed by atoms with Gasteiger partial charge in [0.05, 0.1) is 6.54 Å². The number of hydrogen-bond acceptors (Lipinski definition) is 4. The molecular formula is C17H24N4O2. The van der Waals surface area contributed by atoms with Crippen LogP contribution in [0.4, 0.5) is 11.4 Å². The zero-order chi connectivity index (χ0) is 16.1. The molecule has 2 aliphatic rings. The van der Waals surface area contributed by atoms with Gasteiger partial charge in [-0.15, -0.1) is 0 Å².